The van der Waals surface area contributed by atoms with E-state index in [1.54, 1.807) is 18.2 Å². The molecule has 138 valence electrons. The third-order valence-electron chi connectivity index (χ3n) is 4.18. The molecule has 9 nitrogen and oxygen atoms in total. The van der Waals surface area contributed by atoms with Crippen LogP contribution in [0.5, 0.6) is 5.75 Å². The van der Waals surface area contributed by atoms with E-state index in [-0.39, 0.29) is 30.4 Å². The monoisotopic (exact) mass is 375 g/mol. The van der Waals surface area contributed by atoms with Gasteiger partial charge in [0.1, 0.15) is 5.75 Å². The molecule has 28 heavy (non-hydrogen) atoms. The fraction of sp³-hybridized carbons (Fsp3) is 0.105. The number of amides is 2. The number of nitrogens with zero attached hydrogens (tertiary/aromatic N) is 2. The number of benzene rings is 2. The number of nitrogens with one attached hydrogen (secondary N) is 3. The van der Waals surface area contributed by atoms with Crippen molar-refractivity contribution in [2.75, 3.05) is 11.9 Å². The minimum atomic E-state index is -0.570. The van der Waals surface area contributed by atoms with Gasteiger partial charge in [-0.2, -0.15) is 5.26 Å². The van der Waals surface area contributed by atoms with Gasteiger partial charge in [-0.15, -0.1) is 0 Å². The van der Waals surface area contributed by atoms with Gasteiger partial charge in [0.25, 0.3) is 17.4 Å². The molecule has 0 unspecified atom stereocenters. The van der Waals surface area contributed by atoms with E-state index in [4.69, 9.17) is 10.00 Å². The van der Waals surface area contributed by atoms with Crippen molar-refractivity contribution in [2.24, 2.45) is 0 Å². The minimum absolute atomic E-state index is 0.0302. The van der Waals surface area contributed by atoms with E-state index in [1.165, 1.54) is 18.2 Å². The Balaban J connectivity index is 1.54. The Morgan fingerprint density at radius 1 is 1.25 bits per heavy atom. The molecule has 9 heteroatoms. The van der Waals surface area contributed by atoms with Crippen LogP contribution in [0.1, 0.15) is 21.7 Å². The van der Waals surface area contributed by atoms with Gasteiger partial charge in [-0.25, -0.2) is 4.98 Å². The topological polar surface area (TPSA) is 137 Å². The summed E-state index contributed by atoms with van der Waals surface area (Å²) in [6.07, 6.45) is 0. The molecule has 0 radical (unpaired) electrons. The molecule has 4 rings (SSSR count). The third kappa shape index (κ3) is 3.26. The van der Waals surface area contributed by atoms with Crippen LogP contribution in [0, 0.1) is 11.3 Å². The molecule has 2 aromatic carbocycles. The summed E-state index contributed by atoms with van der Waals surface area (Å²) in [5.41, 5.74) is 1.40. The van der Waals surface area contributed by atoms with Crippen LogP contribution in [-0.2, 0) is 11.3 Å². The molecule has 1 aliphatic heterocycles. The lowest BCUT2D eigenvalue weighted by molar-refractivity contribution is -0.118. The van der Waals surface area contributed by atoms with Gasteiger partial charge in [-0.1, -0.05) is 6.07 Å². The summed E-state index contributed by atoms with van der Waals surface area (Å²) in [5, 5.41) is 14.6. The lowest BCUT2D eigenvalue weighted by Crippen LogP contribution is -2.28. The van der Waals surface area contributed by atoms with Crippen LogP contribution in [0.15, 0.2) is 41.2 Å². The Labute approximate surface area is 158 Å². The quantitative estimate of drug-likeness (QED) is 0.626. The summed E-state index contributed by atoms with van der Waals surface area (Å²) in [6, 6.07) is 11.6. The molecule has 1 aromatic heterocycles. The number of fused-ring (bicyclic) bond motifs is 2. The normalized spacial score (nSPS) is 12.5. The molecule has 0 saturated heterocycles. The van der Waals surface area contributed by atoms with Crippen LogP contribution in [0.25, 0.3) is 10.9 Å². The molecular formula is C19H13N5O4. The zero-order valence-corrected chi connectivity index (χ0v) is 14.4. The highest BCUT2D eigenvalue weighted by Crippen LogP contribution is 2.28. The molecule has 0 atom stereocenters. The fourth-order valence-electron chi connectivity index (χ4n) is 2.82. The number of anilines is 1. The lowest BCUT2D eigenvalue weighted by Gasteiger charge is -2.18. The van der Waals surface area contributed by atoms with E-state index in [1.807, 2.05) is 6.07 Å². The number of rotatable bonds is 3. The third-order valence-corrected chi connectivity index (χ3v) is 4.18. The van der Waals surface area contributed by atoms with Crippen LogP contribution < -0.4 is 20.9 Å². The predicted molar refractivity (Wildman–Crippen MR) is 98.8 cm³/mol. The van der Waals surface area contributed by atoms with Crippen molar-refractivity contribution >= 4 is 28.4 Å². The lowest BCUT2D eigenvalue weighted by atomic mass is 10.1. The van der Waals surface area contributed by atoms with Crippen LogP contribution >= 0.6 is 0 Å². The van der Waals surface area contributed by atoms with Crippen molar-refractivity contribution in [1.29, 1.82) is 5.26 Å². The van der Waals surface area contributed by atoms with Gasteiger partial charge in [0.15, 0.2) is 12.4 Å². The van der Waals surface area contributed by atoms with Crippen molar-refractivity contribution in [1.82, 2.24) is 15.3 Å². The van der Waals surface area contributed by atoms with Crippen molar-refractivity contribution in [3.63, 3.8) is 0 Å². The van der Waals surface area contributed by atoms with Gasteiger partial charge in [0.05, 0.1) is 28.2 Å². The molecular weight excluding hydrogens is 362 g/mol. The number of carbonyl (C=O) groups excluding carboxylic acids is 2. The number of nitriles is 1. The van der Waals surface area contributed by atoms with E-state index >= 15 is 0 Å². The van der Waals surface area contributed by atoms with Crippen LogP contribution in [-0.4, -0.2) is 28.4 Å². The number of carbonyl (C=O) groups is 2. The van der Waals surface area contributed by atoms with Gasteiger partial charge in [-0.3, -0.25) is 14.4 Å². The minimum Gasteiger partial charge on any atom is -0.482 e. The van der Waals surface area contributed by atoms with Crippen molar-refractivity contribution in [3.05, 3.63) is 63.7 Å². The first-order chi connectivity index (χ1) is 13.5. The summed E-state index contributed by atoms with van der Waals surface area (Å²) in [5.74, 6) is -0.409. The second-order valence-corrected chi connectivity index (χ2v) is 6.11. The van der Waals surface area contributed by atoms with E-state index < -0.39 is 11.5 Å². The highest BCUT2D eigenvalue weighted by Gasteiger charge is 2.17. The molecule has 0 saturated carbocycles. The number of hydrogen-bond donors (Lipinski definition) is 3. The summed E-state index contributed by atoms with van der Waals surface area (Å²) < 4.78 is 5.29. The number of aromatic amines is 1. The Bertz CT molecular complexity index is 1230. The number of aromatic nitrogens is 2. The smallest absolute Gasteiger partial charge is 0.287 e. The van der Waals surface area contributed by atoms with Crippen molar-refractivity contribution in [3.8, 4) is 11.8 Å². The Morgan fingerprint density at radius 3 is 2.93 bits per heavy atom. The molecule has 0 fully saturated rings. The predicted octanol–water partition coefficient (Wildman–Crippen LogP) is 1.06. The molecule has 3 aromatic rings. The maximum atomic E-state index is 12.4. The first kappa shape index (κ1) is 17.2. The zero-order valence-electron chi connectivity index (χ0n) is 14.4. The van der Waals surface area contributed by atoms with E-state index in [0.29, 0.717) is 22.4 Å². The van der Waals surface area contributed by atoms with Gasteiger partial charge in [-0.05, 0) is 35.9 Å². The van der Waals surface area contributed by atoms with Crippen LogP contribution in [0.4, 0.5) is 5.69 Å². The summed E-state index contributed by atoms with van der Waals surface area (Å²) in [7, 11) is 0. The van der Waals surface area contributed by atoms with Crippen LogP contribution in [0.3, 0.4) is 0 Å². The second kappa shape index (κ2) is 6.85. The fourth-order valence-corrected chi connectivity index (χ4v) is 2.82. The SMILES string of the molecule is N#Cc1ccc2c(=O)[nH]c(C(=O)NCc3ccc4c(c3)NC(=O)CO4)nc2c1. The molecule has 3 N–H and O–H groups in total. The average Bonchev–Trinajstić information content (AvgIpc) is 2.71. The van der Waals surface area contributed by atoms with E-state index in [9.17, 15) is 14.4 Å². The Morgan fingerprint density at radius 2 is 2.11 bits per heavy atom. The van der Waals surface area contributed by atoms with Gasteiger partial charge in [0, 0.05) is 6.54 Å². The van der Waals surface area contributed by atoms with Gasteiger partial charge < -0.3 is 20.4 Å². The Kier molecular flexibility index (Phi) is 4.21. The highest BCUT2D eigenvalue weighted by atomic mass is 16.5. The van der Waals surface area contributed by atoms with Crippen molar-refractivity contribution in [2.45, 2.75) is 6.54 Å². The maximum Gasteiger partial charge on any atom is 0.287 e. The van der Waals surface area contributed by atoms with Crippen LogP contribution in [0.2, 0.25) is 0 Å². The second-order valence-electron chi connectivity index (χ2n) is 6.11. The first-order valence-electron chi connectivity index (χ1n) is 8.31. The Hall–Kier alpha value is -4.19. The summed E-state index contributed by atoms with van der Waals surface area (Å²) >= 11 is 0. The molecule has 2 heterocycles. The number of ether oxygens (including phenoxy) is 1. The largest absolute Gasteiger partial charge is 0.482 e. The van der Waals surface area contributed by atoms with E-state index in [0.717, 1.165) is 5.56 Å². The van der Waals surface area contributed by atoms with Gasteiger partial charge >= 0.3 is 0 Å². The first-order valence-corrected chi connectivity index (χ1v) is 8.31. The number of hydrogen-bond acceptors (Lipinski definition) is 6. The summed E-state index contributed by atoms with van der Waals surface area (Å²) in [4.78, 5) is 42.5. The van der Waals surface area contributed by atoms with Gasteiger partial charge in [0.2, 0.25) is 0 Å². The van der Waals surface area contributed by atoms with Crippen molar-refractivity contribution < 1.29 is 14.3 Å². The maximum absolute atomic E-state index is 12.4. The zero-order chi connectivity index (χ0) is 19.7. The standard InChI is InChI=1S/C19H13N5O4/c20-7-10-1-3-12-13(5-10)23-17(24-18(12)26)19(27)21-8-11-2-4-15-14(6-11)22-16(25)9-28-15/h1-6H,8-9H2,(H,21,27)(H,22,25)(H,23,24,26). The highest BCUT2D eigenvalue weighted by molar-refractivity contribution is 5.95. The number of H-pyrrole nitrogens is 1. The molecule has 0 spiro atoms. The molecule has 1 aliphatic rings. The average molecular weight is 375 g/mol. The molecule has 2 amide bonds. The summed E-state index contributed by atoms with van der Waals surface area (Å²) in [6.45, 7) is 0.125. The van der Waals surface area contributed by atoms with E-state index in [2.05, 4.69) is 20.6 Å². The molecule has 0 aliphatic carbocycles. The molecule has 0 bridgehead atoms.